The smallest absolute Gasteiger partial charge is 0.305 e. The van der Waals surface area contributed by atoms with Gasteiger partial charge in [-0.15, -0.1) is 0 Å². The molecule has 1 atom stereocenters. The van der Waals surface area contributed by atoms with Gasteiger partial charge in [0.25, 0.3) is 0 Å². The molecule has 1 saturated heterocycles. The van der Waals surface area contributed by atoms with Gasteiger partial charge in [-0.2, -0.15) is 0 Å². The van der Waals surface area contributed by atoms with Crippen molar-refractivity contribution in [2.24, 2.45) is 5.73 Å². The van der Waals surface area contributed by atoms with Gasteiger partial charge in [-0.05, 0) is 38.9 Å². The second kappa shape index (κ2) is 4.75. The van der Waals surface area contributed by atoms with E-state index in [9.17, 15) is 4.79 Å². The number of carboxylic acid groups (broad SMARTS) is 1. The lowest BCUT2D eigenvalue weighted by molar-refractivity contribution is -0.138. The number of carbonyl (C=O) groups is 1. The molecule has 1 fully saturated rings. The normalized spacial score (nSPS) is 29.9. The van der Waals surface area contributed by atoms with Gasteiger partial charge < -0.3 is 15.7 Å². The zero-order valence-corrected chi connectivity index (χ0v) is 8.83. The third-order valence-corrected chi connectivity index (χ3v) is 3.03. The van der Waals surface area contributed by atoms with E-state index in [0.29, 0.717) is 0 Å². The molecule has 4 nitrogen and oxygen atoms in total. The molecule has 0 aliphatic carbocycles. The van der Waals surface area contributed by atoms with Gasteiger partial charge >= 0.3 is 5.97 Å². The number of hydrogen-bond donors (Lipinski definition) is 2. The van der Waals surface area contributed by atoms with E-state index < -0.39 is 11.5 Å². The van der Waals surface area contributed by atoms with E-state index in [1.807, 2.05) is 0 Å². The van der Waals surface area contributed by atoms with Crippen LogP contribution < -0.4 is 5.73 Å². The van der Waals surface area contributed by atoms with E-state index in [1.54, 1.807) is 0 Å². The summed E-state index contributed by atoms with van der Waals surface area (Å²) in [7, 11) is 0. The minimum atomic E-state index is -0.780. The van der Waals surface area contributed by atoms with Gasteiger partial charge in [0, 0.05) is 5.54 Å². The molecule has 1 aliphatic rings. The summed E-state index contributed by atoms with van der Waals surface area (Å²) in [6.07, 6.45) is 2.74. The Bertz CT molecular complexity index is 208. The Kier molecular flexibility index (Phi) is 3.89. The molecule has 1 aliphatic heterocycles. The number of carboxylic acids is 1. The van der Waals surface area contributed by atoms with Crippen molar-refractivity contribution in [1.82, 2.24) is 4.90 Å². The molecule has 82 valence electrons. The predicted molar refractivity (Wildman–Crippen MR) is 55.1 cm³/mol. The average molecular weight is 200 g/mol. The standard InChI is InChI=1S/C10H20N2O2/c1-2-12-6-3-4-10(11,5-7-12)8-9(13)14/h2-8,11H2,1H3,(H,13,14). The van der Waals surface area contributed by atoms with E-state index in [4.69, 9.17) is 10.8 Å². The Balaban J connectivity index is 2.50. The van der Waals surface area contributed by atoms with Crippen molar-refractivity contribution in [3.63, 3.8) is 0 Å². The van der Waals surface area contributed by atoms with Gasteiger partial charge in [0.1, 0.15) is 0 Å². The number of nitrogens with zero attached hydrogens (tertiary/aromatic N) is 1. The Morgan fingerprint density at radius 1 is 1.50 bits per heavy atom. The molecule has 4 heteroatoms. The molecular formula is C10H20N2O2. The third kappa shape index (κ3) is 3.27. The van der Waals surface area contributed by atoms with Crippen LogP contribution >= 0.6 is 0 Å². The van der Waals surface area contributed by atoms with Crippen LogP contribution in [0.15, 0.2) is 0 Å². The van der Waals surface area contributed by atoms with Gasteiger partial charge in [-0.1, -0.05) is 6.92 Å². The molecule has 0 aromatic carbocycles. The fourth-order valence-electron chi connectivity index (χ4n) is 2.07. The van der Waals surface area contributed by atoms with Crippen molar-refractivity contribution in [3.05, 3.63) is 0 Å². The zero-order chi connectivity index (χ0) is 10.6. The van der Waals surface area contributed by atoms with Crippen molar-refractivity contribution < 1.29 is 9.90 Å². The molecule has 0 saturated carbocycles. The molecule has 0 radical (unpaired) electrons. The first-order valence-corrected chi connectivity index (χ1v) is 5.29. The maximum Gasteiger partial charge on any atom is 0.305 e. The maximum atomic E-state index is 10.6. The summed E-state index contributed by atoms with van der Waals surface area (Å²) in [5.41, 5.74) is 5.59. The van der Waals surface area contributed by atoms with Gasteiger partial charge in [0.15, 0.2) is 0 Å². The first kappa shape index (κ1) is 11.5. The Morgan fingerprint density at radius 3 is 2.79 bits per heavy atom. The molecule has 1 rings (SSSR count). The van der Waals surface area contributed by atoms with Crippen LogP contribution in [0.1, 0.15) is 32.6 Å². The van der Waals surface area contributed by atoms with E-state index in [0.717, 1.165) is 38.9 Å². The highest BCUT2D eigenvalue weighted by molar-refractivity contribution is 5.68. The minimum Gasteiger partial charge on any atom is -0.481 e. The molecule has 0 spiro atoms. The van der Waals surface area contributed by atoms with Crippen LogP contribution in [-0.2, 0) is 4.79 Å². The largest absolute Gasteiger partial charge is 0.481 e. The lowest BCUT2D eigenvalue weighted by atomic mass is 9.88. The maximum absolute atomic E-state index is 10.6. The molecule has 0 amide bonds. The Morgan fingerprint density at radius 2 is 2.21 bits per heavy atom. The molecule has 0 aromatic heterocycles. The van der Waals surface area contributed by atoms with E-state index in [1.165, 1.54) is 0 Å². The summed E-state index contributed by atoms with van der Waals surface area (Å²) in [5.74, 6) is -0.780. The molecule has 1 heterocycles. The summed E-state index contributed by atoms with van der Waals surface area (Å²) in [6.45, 7) is 5.14. The fraction of sp³-hybridized carbons (Fsp3) is 0.900. The van der Waals surface area contributed by atoms with Crippen molar-refractivity contribution in [3.8, 4) is 0 Å². The van der Waals surface area contributed by atoms with Crippen molar-refractivity contribution >= 4 is 5.97 Å². The summed E-state index contributed by atoms with van der Waals surface area (Å²) in [5, 5.41) is 8.75. The second-order valence-corrected chi connectivity index (χ2v) is 4.22. The number of rotatable bonds is 3. The van der Waals surface area contributed by atoms with Crippen LogP contribution in [0, 0.1) is 0 Å². The molecule has 14 heavy (non-hydrogen) atoms. The molecular weight excluding hydrogens is 180 g/mol. The van der Waals surface area contributed by atoms with Crippen LogP contribution in [0.3, 0.4) is 0 Å². The van der Waals surface area contributed by atoms with Gasteiger partial charge in [0.2, 0.25) is 0 Å². The first-order chi connectivity index (χ1) is 6.56. The monoisotopic (exact) mass is 200 g/mol. The van der Waals surface area contributed by atoms with Crippen molar-refractivity contribution in [2.45, 2.75) is 38.1 Å². The van der Waals surface area contributed by atoms with Crippen LogP contribution in [0.4, 0.5) is 0 Å². The molecule has 1 unspecified atom stereocenters. The molecule has 0 aromatic rings. The highest BCUT2D eigenvalue weighted by Crippen LogP contribution is 2.22. The van der Waals surface area contributed by atoms with Crippen molar-refractivity contribution in [2.75, 3.05) is 19.6 Å². The lowest BCUT2D eigenvalue weighted by Gasteiger charge is -2.26. The topological polar surface area (TPSA) is 66.6 Å². The summed E-state index contributed by atoms with van der Waals surface area (Å²) in [6, 6.07) is 0. The first-order valence-electron chi connectivity index (χ1n) is 5.29. The number of likely N-dealkylation sites (tertiary alicyclic amines) is 1. The Hall–Kier alpha value is -0.610. The van der Waals surface area contributed by atoms with E-state index in [2.05, 4.69) is 11.8 Å². The quantitative estimate of drug-likeness (QED) is 0.702. The van der Waals surface area contributed by atoms with Crippen LogP contribution in [-0.4, -0.2) is 41.1 Å². The number of nitrogens with two attached hydrogens (primary N) is 1. The average Bonchev–Trinajstić information content (AvgIpc) is 2.26. The predicted octanol–water partition coefficient (Wildman–Crippen LogP) is 0.664. The van der Waals surface area contributed by atoms with Crippen LogP contribution in [0.25, 0.3) is 0 Å². The summed E-state index contributed by atoms with van der Waals surface area (Å²) >= 11 is 0. The minimum absolute atomic E-state index is 0.102. The van der Waals surface area contributed by atoms with E-state index in [-0.39, 0.29) is 6.42 Å². The van der Waals surface area contributed by atoms with Crippen LogP contribution in [0.5, 0.6) is 0 Å². The van der Waals surface area contributed by atoms with Gasteiger partial charge in [-0.3, -0.25) is 4.79 Å². The number of hydrogen-bond acceptors (Lipinski definition) is 3. The highest BCUT2D eigenvalue weighted by Gasteiger charge is 2.30. The van der Waals surface area contributed by atoms with Gasteiger partial charge in [-0.25, -0.2) is 0 Å². The highest BCUT2D eigenvalue weighted by atomic mass is 16.4. The van der Waals surface area contributed by atoms with Crippen molar-refractivity contribution in [1.29, 1.82) is 0 Å². The zero-order valence-electron chi connectivity index (χ0n) is 8.83. The molecule has 0 bridgehead atoms. The lowest BCUT2D eigenvalue weighted by Crippen LogP contribution is -2.42. The van der Waals surface area contributed by atoms with Crippen LogP contribution in [0.2, 0.25) is 0 Å². The number of aliphatic carboxylic acids is 1. The summed E-state index contributed by atoms with van der Waals surface area (Å²) < 4.78 is 0. The Labute approximate surface area is 85.1 Å². The van der Waals surface area contributed by atoms with E-state index >= 15 is 0 Å². The fourth-order valence-corrected chi connectivity index (χ4v) is 2.07. The SMILES string of the molecule is CCN1CCCC(N)(CC(=O)O)CC1. The third-order valence-electron chi connectivity index (χ3n) is 3.03. The summed E-state index contributed by atoms with van der Waals surface area (Å²) in [4.78, 5) is 13.0. The molecule has 3 N–H and O–H groups in total. The van der Waals surface area contributed by atoms with Gasteiger partial charge in [0.05, 0.1) is 6.42 Å². The second-order valence-electron chi connectivity index (χ2n) is 4.22.